The molecule has 0 aliphatic carbocycles. The van der Waals surface area contributed by atoms with Crippen LogP contribution in [0.15, 0.2) is 37.5 Å². The SMILES string of the molecule is C=CCC[C@H](C)OC(=O)C[C@H]1O[C@H](CC=C)C=C[C@@H]1OCC. The van der Waals surface area contributed by atoms with Crippen molar-refractivity contribution < 1.29 is 19.0 Å². The van der Waals surface area contributed by atoms with Crippen LogP contribution in [0.4, 0.5) is 0 Å². The third-order valence-corrected chi connectivity index (χ3v) is 3.47. The molecule has 1 heterocycles. The van der Waals surface area contributed by atoms with Crippen LogP contribution in [0, 0.1) is 0 Å². The highest BCUT2D eigenvalue weighted by molar-refractivity contribution is 5.70. The second-order valence-electron chi connectivity index (χ2n) is 5.41. The molecule has 0 saturated heterocycles. The van der Waals surface area contributed by atoms with Gasteiger partial charge in [-0.25, -0.2) is 0 Å². The van der Waals surface area contributed by atoms with Crippen molar-refractivity contribution in [3.8, 4) is 0 Å². The summed E-state index contributed by atoms with van der Waals surface area (Å²) in [7, 11) is 0. The zero-order chi connectivity index (χ0) is 16.4. The predicted octanol–water partition coefficient (Wildman–Crippen LogP) is 3.58. The zero-order valence-electron chi connectivity index (χ0n) is 13.7. The number of hydrogen-bond donors (Lipinski definition) is 0. The molecule has 0 aromatic rings. The summed E-state index contributed by atoms with van der Waals surface area (Å²) >= 11 is 0. The molecule has 0 aromatic carbocycles. The third kappa shape index (κ3) is 6.58. The van der Waals surface area contributed by atoms with Crippen LogP contribution in [0.5, 0.6) is 0 Å². The minimum absolute atomic E-state index is 0.0507. The molecule has 0 saturated carbocycles. The number of allylic oxidation sites excluding steroid dienone is 1. The number of hydrogen-bond acceptors (Lipinski definition) is 4. The Labute approximate surface area is 133 Å². The Bertz CT molecular complexity index is 389. The van der Waals surface area contributed by atoms with Crippen molar-refractivity contribution in [3.05, 3.63) is 37.5 Å². The van der Waals surface area contributed by atoms with Crippen LogP contribution < -0.4 is 0 Å². The lowest BCUT2D eigenvalue weighted by molar-refractivity contribution is -0.156. The largest absolute Gasteiger partial charge is 0.463 e. The molecule has 4 heteroatoms. The van der Waals surface area contributed by atoms with Gasteiger partial charge < -0.3 is 14.2 Å². The molecule has 1 rings (SSSR count). The van der Waals surface area contributed by atoms with Gasteiger partial charge in [0.05, 0.1) is 24.7 Å². The van der Waals surface area contributed by atoms with Crippen LogP contribution in [0.2, 0.25) is 0 Å². The van der Waals surface area contributed by atoms with Gasteiger partial charge in [0.1, 0.15) is 6.10 Å². The number of rotatable bonds is 10. The summed E-state index contributed by atoms with van der Waals surface area (Å²) < 4.78 is 17.0. The topological polar surface area (TPSA) is 44.8 Å². The van der Waals surface area contributed by atoms with Crippen LogP contribution in [0.3, 0.4) is 0 Å². The van der Waals surface area contributed by atoms with Crippen molar-refractivity contribution in [2.45, 2.75) is 63.9 Å². The first-order chi connectivity index (χ1) is 10.6. The highest BCUT2D eigenvalue weighted by Gasteiger charge is 2.30. The van der Waals surface area contributed by atoms with E-state index < -0.39 is 0 Å². The smallest absolute Gasteiger partial charge is 0.308 e. The van der Waals surface area contributed by atoms with Gasteiger partial charge in [0.2, 0.25) is 0 Å². The van der Waals surface area contributed by atoms with E-state index >= 15 is 0 Å². The monoisotopic (exact) mass is 308 g/mol. The van der Waals surface area contributed by atoms with Crippen molar-refractivity contribution in [2.75, 3.05) is 6.61 Å². The van der Waals surface area contributed by atoms with Gasteiger partial charge in [0, 0.05) is 6.61 Å². The van der Waals surface area contributed by atoms with Crippen LogP contribution in [-0.2, 0) is 19.0 Å². The molecule has 22 heavy (non-hydrogen) atoms. The second kappa shape index (κ2) is 10.4. The number of carbonyl (C=O) groups excluding carboxylic acids is 1. The molecule has 4 nitrogen and oxygen atoms in total. The molecule has 0 aromatic heterocycles. The first-order valence-corrected chi connectivity index (χ1v) is 7.97. The first kappa shape index (κ1) is 18.7. The molecular formula is C18H28O4. The van der Waals surface area contributed by atoms with Gasteiger partial charge in [-0.05, 0) is 33.1 Å². The predicted molar refractivity (Wildman–Crippen MR) is 87.6 cm³/mol. The van der Waals surface area contributed by atoms with Crippen molar-refractivity contribution in [1.82, 2.24) is 0 Å². The minimum Gasteiger partial charge on any atom is -0.463 e. The average molecular weight is 308 g/mol. The van der Waals surface area contributed by atoms with Crippen molar-refractivity contribution in [2.24, 2.45) is 0 Å². The van der Waals surface area contributed by atoms with Crippen LogP contribution in [-0.4, -0.2) is 37.0 Å². The fraction of sp³-hybridized carbons (Fsp3) is 0.611. The Morgan fingerprint density at radius 1 is 1.36 bits per heavy atom. The molecule has 124 valence electrons. The van der Waals surface area contributed by atoms with Crippen LogP contribution >= 0.6 is 0 Å². The van der Waals surface area contributed by atoms with Crippen molar-refractivity contribution in [1.29, 1.82) is 0 Å². The van der Waals surface area contributed by atoms with Gasteiger partial charge in [0.15, 0.2) is 0 Å². The quantitative estimate of drug-likeness (QED) is 0.457. The van der Waals surface area contributed by atoms with Gasteiger partial charge in [-0.3, -0.25) is 4.79 Å². The molecule has 0 radical (unpaired) electrons. The Hall–Kier alpha value is -1.39. The van der Waals surface area contributed by atoms with E-state index in [1.54, 1.807) is 0 Å². The van der Waals surface area contributed by atoms with E-state index in [2.05, 4.69) is 13.2 Å². The fourth-order valence-corrected chi connectivity index (χ4v) is 2.37. The van der Waals surface area contributed by atoms with E-state index in [0.717, 1.165) is 19.3 Å². The molecule has 0 unspecified atom stereocenters. The maximum atomic E-state index is 12.1. The Morgan fingerprint density at radius 2 is 2.14 bits per heavy atom. The molecule has 1 aliphatic rings. The summed E-state index contributed by atoms with van der Waals surface area (Å²) in [5.74, 6) is -0.251. The molecule has 0 fully saturated rings. The van der Waals surface area contributed by atoms with Crippen LogP contribution in [0.25, 0.3) is 0 Å². The molecule has 0 N–H and O–H groups in total. The standard InChI is InChI=1S/C18H28O4/c1-5-8-10-14(4)21-18(19)13-17-16(20-7-3)12-11-15(22-17)9-6-2/h5-6,11-12,14-17H,1-2,7-10,13H2,3-4H3/t14-,15+,16-,17+/m0/s1. The van der Waals surface area contributed by atoms with Crippen molar-refractivity contribution in [3.63, 3.8) is 0 Å². The van der Waals surface area contributed by atoms with E-state index in [1.807, 2.05) is 38.2 Å². The van der Waals surface area contributed by atoms with E-state index in [9.17, 15) is 4.79 Å². The third-order valence-electron chi connectivity index (χ3n) is 3.47. The summed E-state index contributed by atoms with van der Waals surface area (Å²) in [5.41, 5.74) is 0. The first-order valence-electron chi connectivity index (χ1n) is 7.97. The van der Waals surface area contributed by atoms with E-state index in [1.165, 1.54) is 0 Å². The summed E-state index contributed by atoms with van der Waals surface area (Å²) in [6.07, 6.45) is 9.43. The van der Waals surface area contributed by atoms with Gasteiger partial charge in [-0.15, -0.1) is 13.2 Å². The molecule has 0 spiro atoms. The number of esters is 1. The van der Waals surface area contributed by atoms with Gasteiger partial charge in [0.25, 0.3) is 0 Å². The fourth-order valence-electron chi connectivity index (χ4n) is 2.37. The Balaban J connectivity index is 2.54. The van der Waals surface area contributed by atoms with Crippen LogP contribution in [0.1, 0.15) is 39.5 Å². The number of carbonyl (C=O) groups is 1. The maximum absolute atomic E-state index is 12.1. The minimum atomic E-state index is -0.311. The highest BCUT2D eigenvalue weighted by Crippen LogP contribution is 2.21. The lowest BCUT2D eigenvalue weighted by atomic mass is 10.0. The highest BCUT2D eigenvalue weighted by atomic mass is 16.6. The van der Waals surface area contributed by atoms with E-state index in [0.29, 0.717) is 6.61 Å². The summed E-state index contributed by atoms with van der Waals surface area (Å²) in [4.78, 5) is 12.1. The van der Waals surface area contributed by atoms with Gasteiger partial charge in [-0.1, -0.05) is 24.3 Å². The van der Waals surface area contributed by atoms with Gasteiger partial charge >= 0.3 is 5.97 Å². The molecule has 0 bridgehead atoms. The normalized spacial score (nSPS) is 25.5. The molecule has 1 aliphatic heterocycles. The van der Waals surface area contributed by atoms with E-state index in [4.69, 9.17) is 14.2 Å². The summed E-state index contributed by atoms with van der Waals surface area (Å²) in [6, 6.07) is 0. The number of ether oxygens (including phenoxy) is 3. The zero-order valence-corrected chi connectivity index (χ0v) is 13.7. The molecule has 0 amide bonds. The summed E-state index contributed by atoms with van der Waals surface area (Å²) in [6.45, 7) is 11.8. The lowest BCUT2D eigenvalue weighted by Crippen LogP contribution is -2.39. The Kier molecular flexibility index (Phi) is 8.78. The summed E-state index contributed by atoms with van der Waals surface area (Å²) in [5, 5.41) is 0. The van der Waals surface area contributed by atoms with Crippen molar-refractivity contribution >= 4 is 5.97 Å². The Morgan fingerprint density at radius 3 is 2.77 bits per heavy atom. The molecular weight excluding hydrogens is 280 g/mol. The maximum Gasteiger partial charge on any atom is 0.308 e. The lowest BCUT2D eigenvalue weighted by Gasteiger charge is -2.31. The molecule has 4 atom stereocenters. The average Bonchev–Trinajstić information content (AvgIpc) is 2.48. The second-order valence-corrected chi connectivity index (χ2v) is 5.41. The van der Waals surface area contributed by atoms with Gasteiger partial charge in [-0.2, -0.15) is 0 Å². The van der Waals surface area contributed by atoms with E-state index in [-0.39, 0.29) is 36.8 Å².